The first-order valence-electron chi connectivity index (χ1n) is 8.52. The first kappa shape index (κ1) is 24.5. The molecule has 0 amide bonds. The average molecular weight is 509 g/mol. The van der Waals surface area contributed by atoms with Crippen molar-refractivity contribution in [1.29, 1.82) is 0 Å². The summed E-state index contributed by atoms with van der Waals surface area (Å²) in [6.45, 7) is 6.99. The average Bonchev–Trinajstić information content (AvgIpc) is 2.66. The minimum atomic E-state index is -0.681. The molecule has 1 aliphatic rings. The number of ketones is 1. The Hall–Kier alpha value is -1.56. The Morgan fingerprint density at radius 3 is 2.57 bits per heavy atom. The number of hydrogen-bond donors (Lipinski definition) is 1. The van der Waals surface area contributed by atoms with Crippen LogP contribution < -0.4 is 5.90 Å². The zero-order valence-corrected chi connectivity index (χ0v) is 18.7. The van der Waals surface area contributed by atoms with E-state index < -0.39 is 45.0 Å². The molecule has 2 N–H and O–H groups in total. The highest BCUT2D eigenvalue weighted by atomic mass is 127. The molecule has 0 fully saturated rings. The normalized spacial score (nSPS) is 24.4. The van der Waals surface area contributed by atoms with Crippen LogP contribution in [0.4, 0.5) is 0 Å². The van der Waals surface area contributed by atoms with Crippen molar-refractivity contribution in [3.8, 4) is 0 Å². The fourth-order valence-corrected chi connectivity index (χ4v) is 5.23. The highest BCUT2D eigenvalue weighted by Crippen LogP contribution is 2.41. The van der Waals surface area contributed by atoms with Crippen molar-refractivity contribution in [2.75, 3.05) is 20.8 Å². The quantitative estimate of drug-likeness (QED) is 0.148. The van der Waals surface area contributed by atoms with Crippen LogP contribution in [-0.2, 0) is 33.4 Å². The summed E-state index contributed by atoms with van der Waals surface area (Å²) in [5, 5.41) is 0. The standard InChI is InChI=1S/C19H28INO7/c1-7-26-15(10-27-21)17(24-5)18-16(13(20-4)9-12(3)22)11(2)8-14(28-18)19(23)25-6/h7-9,11,15-18H,1,4,10,21H2,2-3,5-6H3/b13-9-. The molecule has 0 saturated heterocycles. The molecule has 1 heterocycles. The molecule has 8 nitrogen and oxygen atoms in total. The lowest BCUT2D eigenvalue weighted by Gasteiger charge is -2.41. The molecule has 0 aliphatic carbocycles. The van der Waals surface area contributed by atoms with E-state index in [9.17, 15) is 9.59 Å². The minimum absolute atomic E-state index is 0.00788. The molecule has 5 unspecified atom stereocenters. The fourth-order valence-electron chi connectivity index (χ4n) is 3.14. The lowest BCUT2D eigenvalue weighted by atomic mass is 9.82. The molecule has 0 radical (unpaired) electrons. The molecule has 5 atom stereocenters. The van der Waals surface area contributed by atoms with Gasteiger partial charge in [-0.1, -0.05) is 38.7 Å². The number of rotatable bonds is 11. The van der Waals surface area contributed by atoms with Crippen LogP contribution in [0.15, 0.2) is 34.3 Å². The van der Waals surface area contributed by atoms with Gasteiger partial charge in [-0.15, -0.1) is 0 Å². The Morgan fingerprint density at radius 1 is 1.43 bits per heavy atom. The van der Waals surface area contributed by atoms with Gasteiger partial charge < -0.3 is 23.8 Å². The summed E-state index contributed by atoms with van der Waals surface area (Å²) in [7, 11) is 2.77. The number of nitrogens with two attached hydrogens (primary N) is 1. The topological polar surface area (TPSA) is 106 Å². The van der Waals surface area contributed by atoms with E-state index in [1.807, 2.05) is 6.92 Å². The van der Waals surface area contributed by atoms with Gasteiger partial charge in [0.05, 0.1) is 13.4 Å². The summed E-state index contributed by atoms with van der Waals surface area (Å²) in [6, 6.07) is 0. The van der Waals surface area contributed by atoms with Crippen molar-refractivity contribution < 1.29 is 33.4 Å². The van der Waals surface area contributed by atoms with Crippen LogP contribution in [0.5, 0.6) is 0 Å². The molecular formula is C19H28INO7. The molecule has 0 bridgehead atoms. The Labute approximate surface area is 175 Å². The van der Waals surface area contributed by atoms with Gasteiger partial charge in [0, 0.05) is 13.0 Å². The summed E-state index contributed by atoms with van der Waals surface area (Å²) in [5.41, 5.74) is 0. The second-order valence-corrected chi connectivity index (χ2v) is 8.15. The molecule has 28 heavy (non-hydrogen) atoms. The Balaban J connectivity index is 3.47. The van der Waals surface area contributed by atoms with Gasteiger partial charge in [0.15, 0.2) is 11.9 Å². The van der Waals surface area contributed by atoms with Crippen molar-refractivity contribution in [3.63, 3.8) is 0 Å². The molecule has 9 heteroatoms. The van der Waals surface area contributed by atoms with Gasteiger partial charge in [-0.3, -0.25) is 4.79 Å². The van der Waals surface area contributed by atoms with Crippen molar-refractivity contribution in [2.45, 2.75) is 32.2 Å². The number of carbonyl (C=O) groups excluding carboxylic acids is 2. The van der Waals surface area contributed by atoms with E-state index in [1.54, 1.807) is 12.2 Å². The maximum atomic E-state index is 12.1. The van der Waals surface area contributed by atoms with Crippen molar-refractivity contribution in [1.82, 2.24) is 0 Å². The van der Waals surface area contributed by atoms with Crippen molar-refractivity contribution in [2.24, 2.45) is 17.7 Å². The van der Waals surface area contributed by atoms with Gasteiger partial charge in [-0.25, -0.2) is 10.7 Å². The van der Waals surface area contributed by atoms with Crippen molar-refractivity contribution in [3.05, 3.63) is 34.3 Å². The highest BCUT2D eigenvalue weighted by molar-refractivity contribution is 14.2. The lowest BCUT2D eigenvalue weighted by Crippen LogP contribution is -2.50. The summed E-state index contributed by atoms with van der Waals surface area (Å²) < 4.78 is 26.9. The van der Waals surface area contributed by atoms with Gasteiger partial charge >= 0.3 is 5.97 Å². The summed E-state index contributed by atoms with van der Waals surface area (Å²) >= 11 is -0.681. The van der Waals surface area contributed by atoms with Crippen LogP contribution in [0.3, 0.4) is 0 Å². The maximum absolute atomic E-state index is 12.1. The van der Waals surface area contributed by atoms with Crippen molar-refractivity contribution >= 4 is 37.0 Å². The Morgan fingerprint density at radius 2 is 2.11 bits per heavy atom. The number of halogens is 1. The summed E-state index contributed by atoms with van der Waals surface area (Å²) in [4.78, 5) is 28.6. The molecule has 0 aromatic heterocycles. The SMILES string of the molecule is C=COC(CON)C(OC)C1OC(C(=O)OC)=CC(C)C1/C(=C/C(C)=O)I=C. The van der Waals surface area contributed by atoms with Gasteiger partial charge in [0.1, 0.15) is 18.8 Å². The number of esters is 1. The van der Waals surface area contributed by atoms with E-state index in [4.69, 9.17) is 29.7 Å². The molecular weight excluding hydrogens is 481 g/mol. The van der Waals surface area contributed by atoms with E-state index >= 15 is 0 Å². The fraction of sp³-hybridized carbons (Fsp3) is 0.526. The zero-order chi connectivity index (χ0) is 21.3. The second-order valence-electron chi connectivity index (χ2n) is 6.14. The largest absolute Gasteiger partial charge is 0.493 e. The predicted octanol–water partition coefficient (Wildman–Crippen LogP) is 2.00. The van der Waals surface area contributed by atoms with Crippen LogP contribution in [0.2, 0.25) is 0 Å². The molecule has 0 spiro atoms. The highest BCUT2D eigenvalue weighted by Gasteiger charge is 2.45. The lowest BCUT2D eigenvalue weighted by molar-refractivity contribution is -0.155. The van der Waals surface area contributed by atoms with E-state index in [-0.39, 0.29) is 30.0 Å². The number of carbonyl (C=O) groups is 2. The molecule has 1 aliphatic heterocycles. The third-order valence-corrected chi connectivity index (χ3v) is 6.20. The third kappa shape index (κ3) is 6.23. The van der Waals surface area contributed by atoms with Gasteiger partial charge in [0.2, 0.25) is 5.76 Å². The molecule has 158 valence electrons. The number of allylic oxidation sites excluding steroid dienone is 2. The van der Waals surface area contributed by atoms with Crippen LogP contribution in [0.1, 0.15) is 13.8 Å². The van der Waals surface area contributed by atoms with E-state index in [1.165, 1.54) is 27.4 Å². The van der Waals surface area contributed by atoms with E-state index in [0.29, 0.717) is 0 Å². The number of hydrogen-bond acceptors (Lipinski definition) is 8. The zero-order valence-electron chi connectivity index (χ0n) is 16.6. The number of methoxy groups -OCH3 is 2. The van der Waals surface area contributed by atoms with Crippen LogP contribution in [0.25, 0.3) is 0 Å². The summed E-state index contributed by atoms with van der Waals surface area (Å²) in [6.07, 6.45) is 2.56. The van der Waals surface area contributed by atoms with Gasteiger partial charge in [-0.05, 0) is 28.6 Å². The predicted molar refractivity (Wildman–Crippen MR) is 114 cm³/mol. The van der Waals surface area contributed by atoms with Crippen LogP contribution >= 0.6 is 20.7 Å². The summed E-state index contributed by atoms with van der Waals surface area (Å²) in [5.74, 6) is 4.25. The molecule has 1 rings (SSSR count). The van der Waals surface area contributed by atoms with E-state index in [0.717, 1.165) is 3.58 Å². The van der Waals surface area contributed by atoms with Gasteiger partial charge in [-0.2, -0.15) is 0 Å². The van der Waals surface area contributed by atoms with Crippen LogP contribution in [0, 0.1) is 11.8 Å². The monoisotopic (exact) mass is 509 g/mol. The second kappa shape index (κ2) is 12.1. The van der Waals surface area contributed by atoms with E-state index in [2.05, 4.69) is 11.1 Å². The first-order chi connectivity index (χ1) is 13.3. The number of ether oxygens (including phenoxy) is 4. The maximum Gasteiger partial charge on any atom is 0.372 e. The van der Waals surface area contributed by atoms with Gasteiger partial charge in [0.25, 0.3) is 0 Å². The molecule has 0 saturated carbocycles. The minimum Gasteiger partial charge on any atom is -0.493 e. The first-order valence-corrected chi connectivity index (χ1v) is 11.1. The smallest absolute Gasteiger partial charge is 0.372 e. The Bertz CT molecular complexity index is 646. The molecule has 0 aromatic carbocycles. The molecule has 0 aromatic rings. The Kier molecular flexibility index (Phi) is 10.6. The third-order valence-electron chi connectivity index (χ3n) is 4.29. The van der Waals surface area contributed by atoms with Crippen LogP contribution in [-0.4, -0.2) is 55.4 Å².